The first-order valence-corrected chi connectivity index (χ1v) is 12.9. The van der Waals surface area contributed by atoms with Crippen LogP contribution in [0.4, 0.5) is 0 Å². The summed E-state index contributed by atoms with van der Waals surface area (Å²) in [6.45, 7) is 5.22. The van der Waals surface area contributed by atoms with Crippen molar-refractivity contribution >= 4 is 0 Å². The summed E-state index contributed by atoms with van der Waals surface area (Å²) < 4.78 is 6.34. The second-order valence-electron chi connectivity index (χ2n) is 11.5. The maximum Gasteiger partial charge on any atom is 0.120 e. The van der Waals surface area contributed by atoms with Crippen molar-refractivity contribution in [3.63, 3.8) is 0 Å². The molecule has 0 N–H and O–H groups in total. The Morgan fingerprint density at radius 3 is 2.45 bits per heavy atom. The Morgan fingerprint density at radius 2 is 1.65 bits per heavy atom. The van der Waals surface area contributed by atoms with E-state index in [1.54, 1.807) is 16.7 Å². The highest BCUT2D eigenvalue weighted by Gasteiger charge is 2.60. The van der Waals surface area contributed by atoms with Gasteiger partial charge >= 0.3 is 0 Å². The van der Waals surface area contributed by atoms with Crippen molar-refractivity contribution in [3.05, 3.63) is 65.2 Å². The van der Waals surface area contributed by atoms with Gasteiger partial charge < -0.3 is 4.74 Å². The van der Waals surface area contributed by atoms with Crippen LogP contribution in [-0.4, -0.2) is 6.10 Å². The molecule has 4 aliphatic rings. The second kappa shape index (κ2) is 7.39. The topological polar surface area (TPSA) is 9.23 Å². The number of ether oxygens (including phenoxy) is 1. The zero-order valence-electron chi connectivity index (χ0n) is 19.4. The molecule has 3 fully saturated rings. The minimum atomic E-state index is 0.323. The summed E-state index contributed by atoms with van der Waals surface area (Å²) in [4.78, 5) is 0. The van der Waals surface area contributed by atoms with Crippen molar-refractivity contribution in [2.75, 3.05) is 0 Å². The molecule has 0 radical (unpaired) electrons. The van der Waals surface area contributed by atoms with Gasteiger partial charge in [0, 0.05) is 0 Å². The van der Waals surface area contributed by atoms with Crippen LogP contribution in [0.5, 0.6) is 5.75 Å². The van der Waals surface area contributed by atoms with Crippen molar-refractivity contribution in [3.8, 4) is 5.75 Å². The quantitative estimate of drug-likeness (QED) is 0.497. The molecule has 2 aromatic rings. The van der Waals surface area contributed by atoms with Crippen LogP contribution in [-0.2, 0) is 11.8 Å². The van der Waals surface area contributed by atoms with E-state index in [1.165, 1.54) is 64.2 Å². The first-order chi connectivity index (χ1) is 15.1. The fourth-order valence-electron chi connectivity index (χ4n) is 8.38. The highest BCUT2D eigenvalue weighted by Crippen LogP contribution is 2.67. The summed E-state index contributed by atoms with van der Waals surface area (Å²) in [5, 5.41) is 0. The molecule has 0 amide bonds. The van der Waals surface area contributed by atoms with Crippen LogP contribution < -0.4 is 4.74 Å². The summed E-state index contributed by atoms with van der Waals surface area (Å²) in [6, 6.07) is 18.6. The number of rotatable bonds is 3. The fourth-order valence-corrected chi connectivity index (χ4v) is 8.38. The number of aryl methyl sites for hydroxylation is 1. The Kier molecular flexibility index (Phi) is 4.74. The molecule has 0 spiro atoms. The molecular formula is C30H38O. The van der Waals surface area contributed by atoms with Crippen LogP contribution in [0, 0.1) is 17.3 Å². The van der Waals surface area contributed by atoms with E-state index in [0.717, 1.165) is 23.5 Å². The van der Waals surface area contributed by atoms with Gasteiger partial charge in [0.2, 0.25) is 0 Å². The van der Waals surface area contributed by atoms with Crippen LogP contribution in [0.2, 0.25) is 0 Å². The molecule has 3 saturated carbocycles. The number of hydrogen-bond donors (Lipinski definition) is 0. The second-order valence-corrected chi connectivity index (χ2v) is 11.5. The Bertz CT molecular complexity index is 942. The average molecular weight is 415 g/mol. The lowest BCUT2D eigenvalue weighted by Gasteiger charge is -2.54. The number of hydrogen-bond acceptors (Lipinski definition) is 1. The van der Waals surface area contributed by atoms with Crippen molar-refractivity contribution < 1.29 is 4.74 Å². The molecule has 5 atom stereocenters. The van der Waals surface area contributed by atoms with Crippen LogP contribution in [0.3, 0.4) is 0 Å². The molecule has 0 aliphatic heterocycles. The maximum atomic E-state index is 6.34. The van der Waals surface area contributed by atoms with Gasteiger partial charge in [-0.05, 0) is 122 Å². The molecule has 164 valence electrons. The Labute approximate surface area is 188 Å². The van der Waals surface area contributed by atoms with Gasteiger partial charge in [0.15, 0.2) is 0 Å². The van der Waals surface area contributed by atoms with Crippen LogP contribution in [0.25, 0.3) is 0 Å². The van der Waals surface area contributed by atoms with Gasteiger partial charge in [-0.2, -0.15) is 0 Å². The van der Waals surface area contributed by atoms with E-state index in [9.17, 15) is 0 Å². The van der Waals surface area contributed by atoms with Crippen LogP contribution in [0.15, 0.2) is 48.5 Å². The highest BCUT2D eigenvalue weighted by molar-refractivity contribution is 5.42. The Balaban J connectivity index is 1.27. The molecule has 0 saturated heterocycles. The van der Waals surface area contributed by atoms with Crippen molar-refractivity contribution in [1.29, 1.82) is 0 Å². The van der Waals surface area contributed by atoms with E-state index in [-0.39, 0.29) is 0 Å². The Hall–Kier alpha value is -1.76. The summed E-state index contributed by atoms with van der Waals surface area (Å²) in [5.74, 6) is 3.61. The highest BCUT2D eigenvalue weighted by atomic mass is 16.5. The van der Waals surface area contributed by atoms with E-state index in [2.05, 4.69) is 62.4 Å². The molecule has 2 aromatic carbocycles. The SMILES string of the molecule is C[C@]12CC[C@@H]3c4ccc(OC5CCCC5)cc4CC[C@H]3[C@@H]1CC[C@]2(C)c1ccccc1. The zero-order chi connectivity index (χ0) is 21.1. The monoisotopic (exact) mass is 414 g/mol. The largest absolute Gasteiger partial charge is 0.490 e. The molecule has 0 unspecified atom stereocenters. The molecule has 4 aliphatic carbocycles. The Morgan fingerprint density at radius 1 is 0.839 bits per heavy atom. The third kappa shape index (κ3) is 3.02. The lowest BCUT2D eigenvalue weighted by Crippen LogP contribution is -2.47. The van der Waals surface area contributed by atoms with Gasteiger partial charge in [-0.1, -0.05) is 50.2 Å². The molecule has 1 heteroatoms. The first-order valence-electron chi connectivity index (χ1n) is 12.9. The predicted molar refractivity (Wildman–Crippen MR) is 128 cm³/mol. The van der Waals surface area contributed by atoms with E-state index in [4.69, 9.17) is 4.74 Å². The molecule has 0 bridgehead atoms. The van der Waals surface area contributed by atoms with Gasteiger partial charge in [-0.3, -0.25) is 0 Å². The van der Waals surface area contributed by atoms with Crippen LogP contribution >= 0.6 is 0 Å². The minimum absolute atomic E-state index is 0.323. The van der Waals surface area contributed by atoms with Crippen molar-refractivity contribution in [2.24, 2.45) is 17.3 Å². The van der Waals surface area contributed by atoms with E-state index in [1.807, 2.05) is 0 Å². The third-order valence-electron chi connectivity index (χ3n) is 10.3. The summed E-state index contributed by atoms with van der Waals surface area (Å²) >= 11 is 0. The molecule has 0 aromatic heterocycles. The molecule has 31 heavy (non-hydrogen) atoms. The average Bonchev–Trinajstić information content (AvgIpc) is 3.40. The number of benzene rings is 2. The minimum Gasteiger partial charge on any atom is -0.490 e. The van der Waals surface area contributed by atoms with Crippen LogP contribution in [0.1, 0.15) is 94.2 Å². The van der Waals surface area contributed by atoms with Gasteiger partial charge in [0.05, 0.1) is 6.10 Å². The van der Waals surface area contributed by atoms with Gasteiger partial charge in [-0.25, -0.2) is 0 Å². The lowest BCUT2D eigenvalue weighted by molar-refractivity contribution is 0.0176. The van der Waals surface area contributed by atoms with Crippen molar-refractivity contribution in [2.45, 2.75) is 95.5 Å². The van der Waals surface area contributed by atoms with E-state index >= 15 is 0 Å². The maximum absolute atomic E-state index is 6.34. The molecule has 1 nitrogen and oxygen atoms in total. The lowest BCUT2D eigenvalue weighted by atomic mass is 9.50. The van der Waals surface area contributed by atoms with E-state index < -0.39 is 0 Å². The first kappa shape index (κ1) is 19.9. The van der Waals surface area contributed by atoms with Gasteiger partial charge in [0.25, 0.3) is 0 Å². The normalized spacial score (nSPS) is 37.2. The van der Waals surface area contributed by atoms with E-state index in [0.29, 0.717) is 16.9 Å². The summed E-state index contributed by atoms with van der Waals surface area (Å²) in [6.07, 6.45) is 13.7. The third-order valence-corrected chi connectivity index (χ3v) is 10.3. The van der Waals surface area contributed by atoms with Gasteiger partial charge in [-0.15, -0.1) is 0 Å². The number of fused-ring (bicyclic) bond motifs is 5. The molecule has 0 heterocycles. The fraction of sp³-hybridized carbons (Fsp3) is 0.600. The zero-order valence-corrected chi connectivity index (χ0v) is 19.4. The smallest absolute Gasteiger partial charge is 0.120 e. The summed E-state index contributed by atoms with van der Waals surface area (Å²) in [7, 11) is 0. The van der Waals surface area contributed by atoms with Gasteiger partial charge in [0.1, 0.15) is 5.75 Å². The molecular weight excluding hydrogens is 376 g/mol. The standard InChI is InChI=1S/C30H38O/c1-29(22-8-4-3-5-9-22)19-17-28-27-14-12-21-20-24(31-23-10-6-7-11-23)13-15-25(21)26(27)16-18-30(28,29)2/h3-5,8-9,13,15,20,23,26-28H,6-7,10-12,14,16-19H2,1-2H3/t26-,27-,28+,29-,30+/m1/s1. The van der Waals surface area contributed by atoms with Crippen molar-refractivity contribution in [1.82, 2.24) is 0 Å². The predicted octanol–water partition coefficient (Wildman–Crippen LogP) is 7.82. The summed E-state index contributed by atoms with van der Waals surface area (Å²) in [5.41, 5.74) is 5.57. The molecule has 6 rings (SSSR count).